The fourth-order valence-electron chi connectivity index (χ4n) is 4.11. The number of benzene rings is 2. The molecule has 172 valence electrons. The summed E-state index contributed by atoms with van der Waals surface area (Å²) in [5, 5.41) is 21.7. The number of alkyl halides is 3. The fourth-order valence-corrected chi connectivity index (χ4v) is 5.47. The summed E-state index contributed by atoms with van der Waals surface area (Å²) in [5.74, 6) is -0.226. The standard InChI is InChI=1S/C23H19F3N2O4S/c1-31-18-8-7-15(9-19(18)32-2)22(30)12-33-21-17(11-27)16(10-20(29)28(21)22)13-3-5-14(6-4-13)23(24,25)26/h3-9,16,30H,10,12H2,1-2H3. The molecule has 1 N–H and O–H groups in total. The average molecular weight is 476 g/mol. The van der Waals surface area contributed by atoms with Crippen LogP contribution in [0.5, 0.6) is 11.5 Å². The van der Waals surface area contributed by atoms with Gasteiger partial charge in [-0.25, -0.2) is 0 Å². The van der Waals surface area contributed by atoms with Gasteiger partial charge in [0.15, 0.2) is 17.2 Å². The molecule has 0 bridgehead atoms. The number of hydrogen-bond acceptors (Lipinski definition) is 6. The van der Waals surface area contributed by atoms with Crippen molar-refractivity contribution in [3.63, 3.8) is 0 Å². The molecule has 0 spiro atoms. The number of aliphatic hydroxyl groups is 1. The van der Waals surface area contributed by atoms with E-state index in [1.165, 1.54) is 31.3 Å². The second kappa shape index (κ2) is 8.32. The number of methoxy groups -OCH3 is 2. The molecule has 1 fully saturated rings. The Labute approximate surface area is 192 Å². The van der Waals surface area contributed by atoms with E-state index in [-0.39, 0.29) is 17.7 Å². The zero-order chi connectivity index (χ0) is 24.0. The maximum absolute atomic E-state index is 13.2. The van der Waals surface area contributed by atoms with Gasteiger partial charge in [-0.3, -0.25) is 9.69 Å². The Morgan fingerprint density at radius 1 is 1.15 bits per heavy atom. The van der Waals surface area contributed by atoms with Gasteiger partial charge in [0, 0.05) is 17.9 Å². The van der Waals surface area contributed by atoms with Gasteiger partial charge >= 0.3 is 6.18 Å². The molecule has 10 heteroatoms. The highest BCUT2D eigenvalue weighted by atomic mass is 32.2. The number of rotatable bonds is 4. The molecule has 1 saturated heterocycles. The number of allylic oxidation sites excluding steroid dienone is 1. The highest BCUT2D eigenvalue weighted by Crippen LogP contribution is 2.52. The quantitative estimate of drug-likeness (QED) is 0.706. The Hall–Kier alpha value is -3.16. The first-order valence-electron chi connectivity index (χ1n) is 9.86. The molecular weight excluding hydrogens is 457 g/mol. The van der Waals surface area contributed by atoms with Crippen LogP contribution < -0.4 is 9.47 Å². The van der Waals surface area contributed by atoms with Crippen molar-refractivity contribution in [2.75, 3.05) is 20.0 Å². The number of ether oxygens (including phenoxy) is 2. The molecule has 2 aromatic carbocycles. The second-order valence-electron chi connectivity index (χ2n) is 7.61. The van der Waals surface area contributed by atoms with E-state index in [9.17, 15) is 28.3 Å². The third kappa shape index (κ3) is 3.81. The van der Waals surface area contributed by atoms with Crippen molar-refractivity contribution in [2.24, 2.45) is 0 Å². The first-order valence-corrected chi connectivity index (χ1v) is 10.8. The minimum absolute atomic E-state index is 0.0778. The van der Waals surface area contributed by atoms with Crippen LogP contribution in [0.2, 0.25) is 0 Å². The van der Waals surface area contributed by atoms with Crippen molar-refractivity contribution in [3.05, 3.63) is 69.8 Å². The number of amides is 1. The number of nitriles is 1. The molecule has 2 atom stereocenters. The van der Waals surface area contributed by atoms with Gasteiger partial charge in [0.05, 0.1) is 42.2 Å². The number of nitrogens with zero attached hydrogens (tertiary/aromatic N) is 2. The molecule has 2 aliphatic heterocycles. The minimum Gasteiger partial charge on any atom is -0.493 e. The number of thioether (sulfide) groups is 1. The maximum atomic E-state index is 13.2. The van der Waals surface area contributed by atoms with Gasteiger partial charge in [0.1, 0.15) is 0 Å². The molecule has 33 heavy (non-hydrogen) atoms. The molecule has 2 heterocycles. The normalized spacial score (nSPS) is 22.8. The summed E-state index contributed by atoms with van der Waals surface area (Å²) in [6.07, 6.45) is -4.64. The molecule has 4 rings (SSSR count). The predicted molar refractivity (Wildman–Crippen MR) is 114 cm³/mol. The van der Waals surface area contributed by atoms with Gasteiger partial charge in [-0.2, -0.15) is 18.4 Å². The predicted octanol–water partition coefficient (Wildman–Crippen LogP) is 4.37. The van der Waals surface area contributed by atoms with Crippen LogP contribution >= 0.6 is 11.8 Å². The van der Waals surface area contributed by atoms with Crippen LogP contribution in [0.4, 0.5) is 13.2 Å². The van der Waals surface area contributed by atoms with E-state index >= 15 is 0 Å². The van der Waals surface area contributed by atoms with Crippen molar-refractivity contribution in [1.29, 1.82) is 5.26 Å². The van der Waals surface area contributed by atoms with Crippen LogP contribution in [-0.4, -0.2) is 35.9 Å². The fraction of sp³-hybridized carbons (Fsp3) is 0.304. The number of carbonyl (C=O) groups excluding carboxylic acids is 1. The van der Waals surface area contributed by atoms with Gasteiger partial charge < -0.3 is 14.6 Å². The zero-order valence-corrected chi connectivity index (χ0v) is 18.5. The van der Waals surface area contributed by atoms with Crippen LogP contribution in [0.25, 0.3) is 0 Å². The van der Waals surface area contributed by atoms with Crippen LogP contribution in [0, 0.1) is 11.3 Å². The summed E-state index contributed by atoms with van der Waals surface area (Å²) in [4.78, 5) is 14.4. The van der Waals surface area contributed by atoms with Crippen LogP contribution in [0.15, 0.2) is 53.1 Å². The number of halogens is 3. The van der Waals surface area contributed by atoms with Gasteiger partial charge in [-0.15, -0.1) is 11.8 Å². The highest BCUT2D eigenvalue weighted by Gasteiger charge is 2.52. The molecule has 0 saturated carbocycles. The summed E-state index contributed by atoms with van der Waals surface area (Å²) < 4.78 is 49.3. The monoisotopic (exact) mass is 476 g/mol. The maximum Gasteiger partial charge on any atom is 0.416 e. The van der Waals surface area contributed by atoms with E-state index in [1.807, 2.05) is 0 Å². The second-order valence-corrected chi connectivity index (χ2v) is 8.58. The molecule has 6 nitrogen and oxygen atoms in total. The lowest BCUT2D eigenvalue weighted by molar-refractivity contribution is -0.149. The highest BCUT2D eigenvalue weighted by molar-refractivity contribution is 8.03. The van der Waals surface area contributed by atoms with E-state index in [0.717, 1.165) is 23.9 Å². The van der Waals surface area contributed by atoms with E-state index in [0.29, 0.717) is 27.7 Å². The third-order valence-electron chi connectivity index (χ3n) is 5.80. The molecule has 2 aromatic rings. The molecule has 1 amide bonds. The molecule has 0 aliphatic carbocycles. The SMILES string of the molecule is COc1ccc(C2(O)CSC3=C(C#N)C(c4ccc(C(F)(F)F)cc4)CC(=O)N32)cc1OC. The Balaban J connectivity index is 1.75. The van der Waals surface area contributed by atoms with Gasteiger partial charge in [0.25, 0.3) is 0 Å². The van der Waals surface area contributed by atoms with E-state index in [4.69, 9.17) is 9.47 Å². The van der Waals surface area contributed by atoms with Gasteiger partial charge in [0.2, 0.25) is 5.91 Å². The minimum atomic E-state index is -4.48. The topological polar surface area (TPSA) is 82.8 Å². The largest absolute Gasteiger partial charge is 0.493 e. The van der Waals surface area contributed by atoms with Crippen LogP contribution in [0.3, 0.4) is 0 Å². The molecular formula is C23H19F3N2O4S. The van der Waals surface area contributed by atoms with Gasteiger partial charge in [-0.05, 0) is 29.8 Å². The van der Waals surface area contributed by atoms with Crippen LogP contribution in [-0.2, 0) is 16.7 Å². The van der Waals surface area contributed by atoms with Crippen LogP contribution in [0.1, 0.15) is 29.0 Å². The Bertz CT molecular complexity index is 1170. The zero-order valence-electron chi connectivity index (χ0n) is 17.6. The number of fused-ring (bicyclic) bond motifs is 1. The number of hydrogen-bond donors (Lipinski definition) is 1. The third-order valence-corrected chi connectivity index (χ3v) is 7.02. The lowest BCUT2D eigenvalue weighted by Crippen LogP contribution is -2.48. The summed E-state index contributed by atoms with van der Waals surface area (Å²) in [6, 6.07) is 11.4. The Morgan fingerprint density at radius 2 is 1.82 bits per heavy atom. The molecule has 0 aromatic heterocycles. The average Bonchev–Trinajstić information content (AvgIpc) is 3.17. The Kier molecular flexibility index (Phi) is 5.80. The molecule has 2 aliphatic rings. The van der Waals surface area contributed by atoms with Crippen molar-refractivity contribution in [2.45, 2.75) is 24.2 Å². The number of carbonyl (C=O) groups is 1. The van der Waals surface area contributed by atoms with Gasteiger partial charge in [-0.1, -0.05) is 18.2 Å². The Morgan fingerprint density at radius 3 is 2.39 bits per heavy atom. The van der Waals surface area contributed by atoms with E-state index in [1.54, 1.807) is 18.2 Å². The van der Waals surface area contributed by atoms with Crippen molar-refractivity contribution < 1.29 is 32.5 Å². The summed E-state index contributed by atoms with van der Waals surface area (Å²) in [5.41, 5.74) is -1.47. The lowest BCUT2D eigenvalue weighted by Gasteiger charge is -2.38. The molecule has 2 unspecified atom stereocenters. The first-order chi connectivity index (χ1) is 15.6. The van der Waals surface area contributed by atoms with Crippen molar-refractivity contribution in [1.82, 2.24) is 4.90 Å². The summed E-state index contributed by atoms with van der Waals surface area (Å²) >= 11 is 1.15. The smallest absolute Gasteiger partial charge is 0.416 e. The summed E-state index contributed by atoms with van der Waals surface area (Å²) in [7, 11) is 2.93. The first kappa shape index (κ1) is 23.0. The molecule has 0 radical (unpaired) electrons. The summed E-state index contributed by atoms with van der Waals surface area (Å²) in [6.45, 7) is 0. The lowest BCUT2D eigenvalue weighted by atomic mass is 9.85. The van der Waals surface area contributed by atoms with Crippen molar-refractivity contribution in [3.8, 4) is 17.6 Å². The van der Waals surface area contributed by atoms with E-state index in [2.05, 4.69) is 6.07 Å². The van der Waals surface area contributed by atoms with Crippen molar-refractivity contribution >= 4 is 17.7 Å². The van der Waals surface area contributed by atoms with E-state index < -0.39 is 29.3 Å².